The number of hydrogen-bond acceptors (Lipinski definition) is 4. The van der Waals surface area contributed by atoms with Crippen LogP contribution in [0.5, 0.6) is 5.75 Å². The lowest BCUT2D eigenvalue weighted by Crippen LogP contribution is -2.30. The summed E-state index contributed by atoms with van der Waals surface area (Å²) in [7, 11) is -3.12. The maximum Gasteiger partial charge on any atom is 0.208 e. The van der Waals surface area contributed by atoms with Crippen molar-refractivity contribution in [2.75, 3.05) is 26.0 Å². The molecule has 0 bridgehead atoms. The number of fused-ring (bicyclic) bond motifs is 1. The molecule has 8 heteroatoms. The topological polar surface area (TPSA) is 67.4 Å². The highest BCUT2D eigenvalue weighted by Crippen LogP contribution is 2.39. The minimum atomic E-state index is -3.12. The quantitative estimate of drug-likeness (QED) is 0.771. The summed E-state index contributed by atoms with van der Waals surface area (Å²) in [6, 6.07) is 3.64. The maximum atomic E-state index is 11.0. The fourth-order valence-corrected chi connectivity index (χ4v) is 3.34. The highest BCUT2D eigenvalue weighted by atomic mass is 35.5. The molecule has 0 saturated carbocycles. The molecule has 1 aliphatic heterocycles. The Morgan fingerprint density at radius 3 is 2.81 bits per heavy atom. The summed E-state index contributed by atoms with van der Waals surface area (Å²) in [6.07, 6.45) is 2.68. The highest BCUT2D eigenvalue weighted by molar-refractivity contribution is 7.88. The zero-order valence-electron chi connectivity index (χ0n) is 11.7. The van der Waals surface area contributed by atoms with Gasteiger partial charge in [-0.1, -0.05) is 23.2 Å². The number of rotatable bonds is 6. The van der Waals surface area contributed by atoms with Crippen LogP contribution < -0.4 is 14.8 Å². The Kier molecular flexibility index (Phi) is 5.73. The number of nitrogens with one attached hydrogen (secondary N) is 2. The summed E-state index contributed by atoms with van der Waals surface area (Å²) in [4.78, 5) is 0. The van der Waals surface area contributed by atoms with Crippen molar-refractivity contribution in [3.8, 4) is 5.75 Å². The number of hydrogen-bond donors (Lipinski definition) is 2. The normalized spacial score (nSPS) is 18.1. The molecule has 1 aliphatic rings. The molecular weight excluding hydrogens is 335 g/mol. The van der Waals surface area contributed by atoms with Crippen LogP contribution in [0.4, 0.5) is 0 Å². The van der Waals surface area contributed by atoms with Gasteiger partial charge in [-0.25, -0.2) is 13.1 Å². The zero-order valence-corrected chi connectivity index (χ0v) is 14.0. The smallest absolute Gasteiger partial charge is 0.208 e. The fraction of sp³-hybridized carbons (Fsp3) is 0.538. The van der Waals surface area contributed by atoms with Crippen molar-refractivity contribution in [2.45, 2.75) is 18.9 Å². The van der Waals surface area contributed by atoms with Gasteiger partial charge in [0.2, 0.25) is 10.0 Å². The van der Waals surface area contributed by atoms with Gasteiger partial charge in [-0.15, -0.1) is 0 Å². The largest absolute Gasteiger partial charge is 0.492 e. The van der Waals surface area contributed by atoms with Gasteiger partial charge in [-0.3, -0.25) is 0 Å². The Balaban J connectivity index is 1.92. The van der Waals surface area contributed by atoms with Crippen molar-refractivity contribution in [3.63, 3.8) is 0 Å². The Labute approximate surface area is 135 Å². The lowest BCUT2D eigenvalue weighted by molar-refractivity contribution is 0.253. The van der Waals surface area contributed by atoms with Gasteiger partial charge in [-0.05, 0) is 25.1 Å². The van der Waals surface area contributed by atoms with Gasteiger partial charge in [0, 0.05) is 29.6 Å². The van der Waals surface area contributed by atoms with Gasteiger partial charge in [0.25, 0.3) is 0 Å². The Morgan fingerprint density at radius 1 is 1.33 bits per heavy atom. The van der Waals surface area contributed by atoms with E-state index in [1.807, 2.05) is 6.07 Å². The highest BCUT2D eigenvalue weighted by Gasteiger charge is 2.23. The van der Waals surface area contributed by atoms with E-state index in [-0.39, 0.29) is 6.04 Å². The van der Waals surface area contributed by atoms with Crippen molar-refractivity contribution < 1.29 is 13.2 Å². The first-order valence-electron chi connectivity index (χ1n) is 6.66. The number of ether oxygens (including phenoxy) is 1. The van der Waals surface area contributed by atoms with Crippen molar-refractivity contribution in [1.82, 2.24) is 10.0 Å². The first kappa shape index (κ1) is 16.8. The third-order valence-corrected chi connectivity index (χ3v) is 4.40. The average Bonchev–Trinajstić information content (AvgIpc) is 2.37. The standard InChI is InChI=1S/C13H18Cl2N2O3S/c1-21(18,19)17-5-2-4-16-12-3-6-20-13-10(12)7-9(14)8-11(13)15/h7-8,12,16-17H,2-6H2,1H3. The van der Waals surface area contributed by atoms with Gasteiger partial charge in [0.15, 0.2) is 0 Å². The third-order valence-electron chi connectivity index (χ3n) is 3.17. The minimum absolute atomic E-state index is 0.114. The summed E-state index contributed by atoms with van der Waals surface area (Å²) >= 11 is 12.2. The molecule has 2 rings (SSSR count). The molecule has 5 nitrogen and oxygen atoms in total. The van der Waals surface area contributed by atoms with Crippen LogP contribution in [0, 0.1) is 0 Å². The van der Waals surface area contributed by atoms with Gasteiger partial charge < -0.3 is 10.1 Å². The second-order valence-electron chi connectivity index (χ2n) is 4.97. The number of sulfonamides is 1. The van der Waals surface area contributed by atoms with E-state index < -0.39 is 10.0 Å². The van der Waals surface area contributed by atoms with Crippen LogP contribution in [0.25, 0.3) is 0 Å². The predicted molar refractivity (Wildman–Crippen MR) is 84.8 cm³/mol. The summed E-state index contributed by atoms with van der Waals surface area (Å²) in [5.41, 5.74) is 0.954. The summed E-state index contributed by atoms with van der Waals surface area (Å²) in [5.74, 6) is 0.680. The third kappa shape index (κ3) is 5.00. The lowest BCUT2D eigenvalue weighted by atomic mass is 10.0. The summed E-state index contributed by atoms with van der Waals surface area (Å²) < 4.78 is 30.0. The summed E-state index contributed by atoms with van der Waals surface area (Å²) in [5, 5.41) is 4.48. The van der Waals surface area contributed by atoms with Gasteiger partial charge in [0.1, 0.15) is 5.75 Å². The van der Waals surface area contributed by atoms with Gasteiger partial charge in [0.05, 0.1) is 17.9 Å². The molecule has 1 unspecified atom stereocenters. The van der Waals surface area contributed by atoms with Crippen LogP contribution in [0.2, 0.25) is 10.0 Å². The van der Waals surface area contributed by atoms with Crippen molar-refractivity contribution in [3.05, 3.63) is 27.7 Å². The van der Waals surface area contributed by atoms with Crippen molar-refractivity contribution in [2.24, 2.45) is 0 Å². The molecule has 0 fully saturated rings. The second kappa shape index (κ2) is 7.15. The molecular formula is C13H18Cl2N2O3S. The van der Waals surface area contributed by atoms with E-state index in [1.165, 1.54) is 0 Å². The second-order valence-corrected chi connectivity index (χ2v) is 7.65. The first-order valence-corrected chi connectivity index (χ1v) is 9.31. The Bertz CT molecular complexity index is 608. The number of benzene rings is 1. The van der Waals surface area contributed by atoms with Crippen LogP contribution in [-0.4, -0.2) is 34.4 Å². The molecule has 0 spiro atoms. The van der Waals surface area contributed by atoms with E-state index in [9.17, 15) is 8.42 Å². The zero-order chi connectivity index (χ0) is 15.5. The monoisotopic (exact) mass is 352 g/mol. The molecule has 1 atom stereocenters. The molecule has 0 radical (unpaired) electrons. The first-order chi connectivity index (χ1) is 9.87. The Morgan fingerprint density at radius 2 is 2.10 bits per heavy atom. The van der Waals surface area contributed by atoms with Crippen molar-refractivity contribution >= 4 is 33.2 Å². The van der Waals surface area contributed by atoms with Crippen LogP contribution in [-0.2, 0) is 10.0 Å². The molecule has 1 heterocycles. The summed E-state index contributed by atoms with van der Waals surface area (Å²) in [6.45, 7) is 1.70. The van der Waals surface area contributed by atoms with Crippen LogP contribution >= 0.6 is 23.2 Å². The van der Waals surface area contributed by atoms with E-state index >= 15 is 0 Å². The molecule has 0 aliphatic carbocycles. The van der Waals surface area contributed by atoms with E-state index in [0.29, 0.717) is 41.9 Å². The molecule has 0 saturated heterocycles. The molecule has 118 valence electrons. The maximum absolute atomic E-state index is 11.0. The van der Waals surface area contributed by atoms with Crippen molar-refractivity contribution in [1.29, 1.82) is 0 Å². The predicted octanol–water partition coefficient (Wildman–Crippen LogP) is 2.35. The molecule has 0 aromatic heterocycles. The molecule has 1 aromatic rings. The van der Waals surface area contributed by atoms with E-state index in [1.54, 1.807) is 6.07 Å². The Hall–Kier alpha value is -0.530. The number of halogens is 2. The van der Waals surface area contributed by atoms with E-state index in [0.717, 1.165) is 18.2 Å². The lowest BCUT2D eigenvalue weighted by Gasteiger charge is -2.27. The van der Waals surface area contributed by atoms with Crippen LogP contribution in [0.15, 0.2) is 12.1 Å². The van der Waals surface area contributed by atoms with Gasteiger partial charge in [-0.2, -0.15) is 0 Å². The molecule has 0 amide bonds. The van der Waals surface area contributed by atoms with E-state index in [2.05, 4.69) is 10.0 Å². The minimum Gasteiger partial charge on any atom is -0.492 e. The molecule has 21 heavy (non-hydrogen) atoms. The van der Waals surface area contributed by atoms with Crippen LogP contribution in [0.3, 0.4) is 0 Å². The molecule has 2 N–H and O–H groups in total. The van der Waals surface area contributed by atoms with Crippen LogP contribution in [0.1, 0.15) is 24.4 Å². The SMILES string of the molecule is CS(=O)(=O)NCCCNC1CCOc2c(Cl)cc(Cl)cc21. The van der Waals surface area contributed by atoms with Gasteiger partial charge >= 0.3 is 0 Å². The average molecular weight is 353 g/mol. The fourth-order valence-electron chi connectivity index (χ4n) is 2.26. The molecule has 1 aromatic carbocycles. The van der Waals surface area contributed by atoms with E-state index in [4.69, 9.17) is 27.9 Å².